The van der Waals surface area contributed by atoms with Gasteiger partial charge in [0.25, 0.3) is 0 Å². The standard InChI is InChI=1S/C17H27N3O4/c1-10-5-13(10)20-8-12(6-14(20)21)18-16(23)19-7-11(2)17(3,9-19)15(22)24-4/h10-13H,5-9H2,1-4H3,(H,18,23)/t10?,11-,12?,13?,17-/m1/s1. The number of likely N-dealkylation sites (tertiary alicyclic amines) is 2. The SMILES string of the molecule is COC(=O)[C@]1(C)CN(C(=O)NC2CC(=O)N(C3CC3C)C2)C[C@H]1C. The molecule has 0 aromatic rings. The molecule has 0 bridgehead atoms. The molecule has 0 aromatic heterocycles. The lowest BCUT2D eigenvalue weighted by atomic mass is 9.81. The van der Waals surface area contributed by atoms with E-state index in [1.54, 1.807) is 4.90 Å². The number of amides is 3. The van der Waals surface area contributed by atoms with Gasteiger partial charge >= 0.3 is 12.0 Å². The quantitative estimate of drug-likeness (QED) is 0.774. The van der Waals surface area contributed by atoms with Gasteiger partial charge in [-0.1, -0.05) is 13.8 Å². The molecule has 3 amide bonds. The van der Waals surface area contributed by atoms with Gasteiger partial charge in [0, 0.05) is 32.1 Å². The van der Waals surface area contributed by atoms with Gasteiger partial charge in [-0.25, -0.2) is 4.79 Å². The van der Waals surface area contributed by atoms with Gasteiger partial charge in [-0.05, 0) is 25.2 Å². The maximum absolute atomic E-state index is 12.5. The van der Waals surface area contributed by atoms with Crippen molar-refractivity contribution < 1.29 is 19.1 Å². The van der Waals surface area contributed by atoms with E-state index in [0.717, 1.165) is 6.42 Å². The third-order valence-corrected chi connectivity index (χ3v) is 5.99. The number of rotatable bonds is 3. The molecule has 24 heavy (non-hydrogen) atoms. The number of carbonyl (C=O) groups excluding carboxylic acids is 3. The van der Waals surface area contributed by atoms with Crippen LogP contribution in [0.1, 0.15) is 33.6 Å². The van der Waals surface area contributed by atoms with Gasteiger partial charge in [-0.2, -0.15) is 0 Å². The summed E-state index contributed by atoms with van der Waals surface area (Å²) in [7, 11) is 1.38. The van der Waals surface area contributed by atoms with E-state index < -0.39 is 5.41 Å². The van der Waals surface area contributed by atoms with E-state index >= 15 is 0 Å². The van der Waals surface area contributed by atoms with E-state index in [1.807, 2.05) is 18.7 Å². The fraction of sp³-hybridized carbons (Fsp3) is 0.824. The average molecular weight is 337 g/mol. The molecular weight excluding hydrogens is 310 g/mol. The van der Waals surface area contributed by atoms with Crippen molar-refractivity contribution in [1.29, 1.82) is 0 Å². The van der Waals surface area contributed by atoms with Crippen molar-refractivity contribution in [3.63, 3.8) is 0 Å². The van der Waals surface area contributed by atoms with E-state index in [1.165, 1.54) is 7.11 Å². The maximum Gasteiger partial charge on any atom is 0.317 e. The molecule has 2 aliphatic heterocycles. The number of ether oxygens (including phenoxy) is 1. The van der Waals surface area contributed by atoms with Gasteiger partial charge in [0.2, 0.25) is 5.91 Å². The molecule has 3 fully saturated rings. The topological polar surface area (TPSA) is 79.0 Å². The van der Waals surface area contributed by atoms with E-state index in [-0.39, 0.29) is 29.9 Å². The van der Waals surface area contributed by atoms with Crippen LogP contribution in [0, 0.1) is 17.3 Å². The molecule has 3 unspecified atom stereocenters. The fourth-order valence-corrected chi connectivity index (χ4v) is 3.95. The van der Waals surface area contributed by atoms with Crippen LogP contribution in [0.5, 0.6) is 0 Å². The predicted octanol–water partition coefficient (Wildman–Crippen LogP) is 0.836. The van der Waals surface area contributed by atoms with Crippen molar-refractivity contribution in [2.45, 2.75) is 45.7 Å². The second kappa shape index (κ2) is 5.93. The van der Waals surface area contributed by atoms with Crippen LogP contribution in [0.25, 0.3) is 0 Å². The summed E-state index contributed by atoms with van der Waals surface area (Å²) in [4.78, 5) is 40.2. The zero-order valence-corrected chi connectivity index (χ0v) is 14.9. The first-order valence-corrected chi connectivity index (χ1v) is 8.69. The van der Waals surface area contributed by atoms with Gasteiger partial charge in [-0.15, -0.1) is 0 Å². The van der Waals surface area contributed by atoms with Gasteiger partial charge in [0.05, 0.1) is 18.6 Å². The molecule has 2 saturated heterocycles. The summed E-state index contributed by atoms with van der Waals surface area (Å²) in [5.74, 6) is 0.451. The molecule has 1 aliphatic carbocycles. The number of hydrogen-bond acceptors (Lipinski definition) is 4. The molecule has 3 aliphatic rings. The summed E-state index contributed by atoms with van der Waals surface area (Å²) in [6, 6.07) is 0.0184. The van der Waals surface area contributed by atoms with Crippen LogP contribution < -0.4 is 5.32 Å². The number of carbonyl (C=O) groups is 3. The summed E-state index contributed by atoms with van der Waals surface area (Å²) < 4.78 is 4.89. The molecule has 0 radical (unpaired) electrons. The van der Waals surface area contributed by atoms with Crippen molar-refractivity contribution >= 4 is 17.9 Å². The Morgan fingerprint density at radius 1 is 1.29 bits per heavy atom. The van der Waals surface area contributed by atoms with E-state index in [4.69, 9.17) is 4.74 Å². The third kappa shape index (κ3) is 2.84. The monoisotopic (exact) mass is 337 g/mol. The van der Waals surface area contributed by atoms with Crippen LogP contribution in [0.3, 0.4) is 0 Å². The highest BCUT2D eigenvalue weighted by Crippen LogP contribution is 2.38. The minimum atomic E-state index is -0.674. The lowest BCUT2D eigenvalue weighted by molar-refractivity contribution is -0.152. The molecule has 5 atom stereocenters. The molecule has 7 heteroatoms. The highest BCUT2D eigenvalue weighted by atomic mass is 16.5. The first-order valence-electron chi connectivity index (χ1n) is 8.69. The normalized spacial score (nSPS) is 38.4. The summed E-state index contributed by atoms with van der Waals surface area (Å²) >= 11 is 0. The van der Waals surface area contributed by atoms with Gasteiger partial charge in [0.1, 0.15) is 0 Å². The minimum Gasteiger partial charge on any atom is -0.469 e. The Kier molecular flexibility index (Phi) is 4.21. The van der Waals surface area contributed by atoms with Crippen molar-refractivity contribution in [3.8, 4) is 0 Å². The van der Waals surface area contributed by atoms with Gasteiger partial charge < -0.3 is 19.9 Å². The minimum absolute atomic E-state index is 0.0322. The highest BCUT2D eigenvalue weighted by Gasteiger charge is 2.49. The van der Waals surface area contributed by atoms with Crippen molar-refractivity contribution in [1.82, 2.24) is 15.1 Å². The number of esters is 1. The van der Waals surface area contributed by atoms with Crippen LogP contribution in [-0.2, 0) is 14.3 Å². The van der Waals surface area contributed by atoms with Crippen LogP contribution in [0.4, 0.5) is 4.79 Å². The van der Waals surface area contributed by atoms with Crippen LogP contribution in [0.15, 0.2) is 0 Å². The summed E-state index contributed by atoms with van der Waals surface area (Å²) in [6.45, 7) is 7.39. The Hall–Kier alpha value is -1.79. The number of nitrogens with zero attached hydrogens (tertiary/aromatic N) is 2. The van der Waals surface area contributed by atoms with Crippen LogP contribution >= 0.6 is 0 Å². The number of methoxy groups -OCH3 is 1. The molecule has 1 saturated carbocycles. The molecule has 134 valence electrons. The van der Waals surface area contributed by atoms with E-state index in [2.05, 4.69) is 12.2 Å². The second-order valence-electron chi connectivity index (χ2n) is 7.87. The first kappa shape index (κ1) is 17.0. The number of nitrogens with one attached hydrogen (secondary N) is 1. The fourth-order valence-electron chi connectivity index (χ4n) is 3.95. The Morgan fingerprint density at radius 3 is 2.54 bits per heavy atom. The summed E-state index contributed by atoms with van der Waals surface area (Å²) in [5, 5.41) is 2.97. The van der Waals surface area contributed by atoms with Crippen molar-refractivity contribution in [3.05, 3.63) is 0 Å². The zero-order valence-electron chi connectivity index (χ0n) is 14.9. The Bertz CT molecular complexity index is 566. The molecule has 3 rings (SSSR count). The maximum atomic E-state index is 12.5. The van der Waals surface area contributed by atoms with E-state index in [9.17, 15) is 14.4 Å². The molecule has 1 N–H and O–H groups in total. The van der Waals surface area contributed by atoms with Gasteiger partial charge in [-0.3, -0.25) is 9.59 Å². The van der Waals surface area contributed by atoms with Gasteiger partial charge in [0.15, 0.2) is 0 Å². The highest BCUT2D eigenvalue weighted by molar-refractivity contribution is 5.83. The zero-order chi connectivity index (χ0) is 17.6. The Labute approximate surface area is 142 Å². The van der Waals surface area contributed by atoms with Crippen LogP contribution in [0.2, 0.25) is 0 Å². The predicted molar refractivity (Wildman–Crippen MR) is 87.1 cm³/mol. The van der Waals surface area contributed by atoms with Crippen LogP contribution in [-0.4, -0.2) is 66.5 Å². The average Bonchev–Trinajstić information content (AvgIpc) is 3.01. The molecule has 0 aromatic carbocycles. The van der Waals surface area contributed by atoms with Crippen molar-refractivity contribution in [2.24, 2.45) is 17.3 Å². The van der Waals surface area contributed by atoms with Crippen molar-refractivity contribution in [2.75, 3.05) is 26.7 Å². The molecular formula is C17H27N3O4. The van der Waals surface area contributed by atoms with E-state index in [0.29, 0.717) is 38.0 Å². The first-order chi connectivity index (χ1) is 11.3. The largest absolute Gasteiger partial charge is 0.469 e. The Balaban J connectivity index is 1.56. The molecule has 2 heterocycles. The number of hydrogen-bond donors (Lipinski definition) is 1. The third-order valence-electron chi connectivity index (χ3n) is 5.99. The molecule has 0 spiro atoms. The smallest absolute Gasteiger partial charge is 0.317 e. The lowest BCUT2D eigenvalue weighted by Crippen LogP contribution is -2.46. The second-order valence-corrected chi connectivity index (χ2v) is 7.87. The lowest BCUT2D eigenvalue weighted by Gasteiger charge is -2.25. The summed E-state index contributed by atoms with van der Waals surface area (Å²) in [6.07, 6.45) is 1.43. The Morgan fingerprint density at radius 2 is 1.96 bits per heavy atom. The summed E-state index contributed by atoms with van der Waals surface area (Å²) in [5.41, 5.74) is -0.674. The molecule has 7 nitrogen and oxygen atoms in total. The number of urea groups is 1.